The first-order valence-electron chi connectivity index (χ1n) is 10.2. The Hall–Kier alpha value is -2.42. The summed E-state index contributed by atoms with van der Waals surface area (Å²) in [6, 6.07) is 12.4. The number of aromatic nitrogens is 3. The molecule has 0 fully saturated rings. The summed E-state index contributed by atoms with van der Waals surface area (Å²) in [5, 5.41) is 0.728. The molecule has 0 spiro atoms. The number of nitrogens with zero attached hydrogens (tertiary/aromatic N) is 4. The van der Waals surface area contributed by atoms with Crippen molar-refractivity contribution in [3.8, 4) is 0 Å². The van der Waals surface area contributed by atoms with E-state index in [1.807, 2.05) is 16.8 Å². The molecule has 9 heteroatoms. The number of amides is 1. The molecule has 2 heterocycles. The van der Waals surface area contributed by atoms with Gasteiger partial charge in [-0.25, -0.2) is 14.4 Å². The van der Waals surface area contributed by atoms with Crippen LogP contribution in [0.5, 0.6) is 0 Å². The zero-order chi connectivity index (χ0) is 21.6. The molecule has 5 nitrogen and oxygen atoms in total. The Morgan fingerprint density at radius 1 is 1.22 bits per heavy atom. The van der Waals surface area contributed by atoms with Crippen LogP contribution in [0.15, 0.2) is 66.1 Å². The Morgan fingerprint density at radius 3 is 2.75 bits per heavy atom. The summed E-state index contributed by atoms with van der Waals surface area (Å²) in [6.45, 7) is 3.46. The van der Waals surface area contributed by atoms with E-state index in [9.17, 15) is 9.18 Å². The molecule has 4 aromatic rings. The first-order chi connectivity index (χ1) is 15.1. The van der Waals surface area contributed by atoms with Crippen molar-refractivity contribution in [2.45, 2.75) is 31.2 Å². The van der Waals surface area contributed by atoms with E-state index in [4.69, 9.17) is 4.98 Å². The van der Waals surface area contributed by atoms with Gasteiger partial charge in [0.25, 0.3) is 0 Å². The van der Waals surface area contributed by atoms with Crippen LogP contribution < -0.4 is 4.90 Å². The molecule has 1 amide bonds. The number of thioether (sulfide) groups is 1. The van der Waals surface area contributed by atoms with Gasteiger partial charge in [0.2, 0.25) is 5.91 Å². The second-order valence-corrected chi connectivity index (χ2v) is 9.11. The van der Waals surface area contributed by atoms with Crippen LogP contribution in [0.2, 0.25) is 0 Å². The van der Waals surface area contributed by atoms with Gasteiger partial charge < -0.3 is 4.57 Å². The highest BCUT2D eigenvalue weighted by molar-refractivity contribution is 8.00. The molecule has 0 aliphatic heterocycles. The van der Waals surface area contributed by atoms with E-state index in [2.05, 4.69) is 24.0 Å². The Labute approximate surface area is 201 Å². The Bertz CT molecular complexity index is 1150. The van der Waals surface area contributed by atoms with Crippen molar-refractivity contribution < 1.29 is 9.18 Å². The van der Waals surface area contributed by atoms with Crippen LogP contribution in [0.3, 0.4) is 0 Å². The lowest BCUT2D eigenvalue weighted by Crippen LogP contribution is -2.33. The van der Waals surface area contributed by atoms with Crippen molar-refractivity contribution in [2.24, 2.45) is 0 Å². The van der Waals surface area contributed by atoms with E-state index >= 15 is 0 Å². The van der Waals surface area contributed by atoms with Crippen molar-refractivity contribution in [1.82, 2.24) is 14.5 Å². The number of fused-ring (bicyclic) bond motifs is 1. The van der Waals surface area contributed by atoms with Crippen LogP contribution >= 0.6 is 35.5 Å². The highest BCUT2D eigenvalue weighted by Crippen LogP contribution is 2.32. The van der Waals surface area contributed by atoms with Gasteiger partial charge in [-0.1, -0.05) is 30.4 Å². The number of hydrogen-bond donors (Lipinski definition) is 0. The van der Waals surface area contributed by atoms with E-state index in [0.29, 0.717) is 6.54 Å². The summed E-state index contributed by atoms with van der Waals surface area (Å²) >= 11 is 2.96. The molecule has 0 N–H and O–H groups in total. The molecular formula is C23H24ClFN4OS2. The van der Waals surface area contributed by atoms with Gasteiger partial charge in [0.05, 0.1) is 22.3 Å². The number of carbonyl (C=O) groups is 1. The minimum absolute atomic E-state index is 0. The summed E-state index contributed by atoms with van der Waals surface area (Å²) in [6.07, 6.45) is 7.14. The number of hydrogen-bond acceptors (Lipinski definition) is 5. The molecule has 0 saturated carbocycles. The lowest BCUT2D eigenvalue weighted by Gasteiger charge is -2.20. The fourth-order valence-corrected chi connectivity index (χ4v) is 5.14. The third-order valence-corrected chi connectivity index (χ3v) is 6.98. The Morgan fingerprint density at radius 2 is 2.03 bits per heavy atom. The lowest BCUT2D eigenvalue weighted by atomic mass is 10.1. The van der Waals surface area contributed by atoms with Gasteiger partial charge in [0, 0.05) is 30.4 Å². The van der Waals surface area contributed by atoms with Crippen molar-refractivity contribution in [2.75, 3.05) is 17.2 Å². The maximum atomic E-state index is 13.2. The standard InChI is InChI=1S/C23H23FN4OS2.ClH/c1-2-17-5-3-6-20-22(17)26-23(31-20)28(13-4-12-27-14-11-25-16-27)21(29)15-30-19-9-7-18(24)8-10-19;/h3,5-11,14,16H,2,4,12-13,15H2,1H3;1H. The molecule has 4 rings (SSSR count). The van der Waals surface area contributed by atoms with Crippen molar-refractivity contribution in [1.29, 1.82) is 0 Å². The van der Waals surface area contributed by atoms with Gasteiger partial charge >= 0.3 is 0 Å². The van der Waals surface area contributed by atoms with Crippen LogP contribution in [0.25, 0.3) is 10.2 Å². The zero-order valence-corrected chi connectivity index (χ0v) is 20.1. The second-order valence-electron chi connectivity index (χ2n) is 7.06. The number of aryl methyl sites for hydroxylation is 2. The number of thiazole rings is 1. The summed E-state index contributed by atoms with van der Waals surface area (Å²) in [4.78, 5) is 24.7. The van der Waals surface area contributed by atoms with Crippen LogP contribution in [0.4, 0.5) is 9.52 Å². The topological polar surface area (TPSA) is 51.0 Å². The molecule has 168 valence electrons. The van der Waals surface area contributed by atoms with Gasteiger partial charge in [0.1, 0.15) is 5.82 Å². The highest BCUT2D eigenvalue weighted by atomic mass is 35.5. The predicted molar refractivity (Wildman–Crippen MR) is 133 cm³/mol. The smallest absolute Gasteiger partial charge is 0.239 e. The normalized spacial score (nSPS) is 10.8. The Kier molecular flexibility index (Phi) is 8.67. The summed E-state index contributed by atoms with van der Waals surface area (Å²) in [5.41, 5.74) is 2.16. The number of imidazole rings is 1. The molecular weight excluding hydrogens is 467 g/mol. The SMILES string of the molecule is CCc1cccc2sc(N(CCCn3ccnc3)C(=O)CSc3ccc(F)cc3)nc12.Cl. The molecule has 0 saturated heterocycles. The highest BCUT2D eigenvalue weighted by Gasteiger charge is 2.20. The van der Waals surface area contributed by atoms with E-state index in [0.717, 1.165) is 39.6 Å². The molecule has 0 aliphatic rings. The number of benzene rings is 2. The molecule has 2 aromatic heterocycles. The summed E-state index contributed by atoms with van der Waals surface area (Å²) in [5.74, 6) is -0.0112. The van der Waals surface area contributed by atoms with Gasteiger partial charge in [-0.15, -0.1) is 24.2 Å². The number of anilines is 1. The average molecular weight is 491 g/mol. The lowest BCUT2D eigenvalue weighted by molar-refractivity contribution is -0.116. The molecule has 0 atom stereocenters. The fraction of sp³-hybridized carbons (Fsp3) is 0.261. The molecule has 0 radical (unpaired) electrons. The van der Waals surface area contributed by atoms with Gasteiger partial charge in [0.15, 0.2) is 5.13 Å². The third-order valence-electron chi connectivity index (χ3n) is 4.94. The van der Waals surface area contributed by atoms with Gasteiger partial charge in [-0.3, -0.25) is 9.69 Å². The van der Waals surface area contributed by atoms with E-state index in [1.54, 1.807) is 40.9 Å². The molecule has 0 aliphatic carbocycles. The van der Waals surface area contributed by atoms with Gasteiger partial charge in [-0.05, 0) is 48.7 Å². The molecule has 0 bridgehead atoms. The predicted octanol–water partition coefficient (Wildman–Crippen LogP) is 5.83. The van der Waals surface area contributed by atoms with Crippen LogP contribution in [-0.4, -0.2) is 32.7 Å². The zero-order valence-electron chi connectivity index (χ0n) is 17.6. The van der Waals surface area contributed by atoms with Gasteiger partial charge in [-0.2, -0.15) is 0 Å². The second kappa shape index (κ2) is 11.4. The molecule has 0 unspecified atom stereocenters. The third kappa shape index (κ3) is 5.88. The maximum Gasteiger partial charge on any atom is 0.239 e. The fourth-order valence-electron chi connectivity index (χ4n) is 3.31. The van der Waals surface area contributed by atoms with Crippen molar-refractivity contribution in [3.63, 3.8) is 0 Å². The van der Waals surface area contributed by atoms with Crippen molar-refractivity contribution in [3.05, 3.63) is 72.6 Å². The van der Waals surface area contributed by atoms with Crippen LogP contribution in [0.1, 0.15) is 18.9 Å². The first kappa shape index (κ1) is 24.2. The summed E-state index contributed by atoms with van der Waals surface area (Å²) in [7, 11) is 0. The first-order valence-corrected chi connectivity index (χ1v) is 12.0. The Balaban J connectivity index is 0.00000289. The minimum Gasteiger partial charge on any atom is -0.337 e. The van der Waals surface area contributed by atoms with Crippen LogP contribution in [0, 0.1) is 5.82 Å². The van der Waals surface area contributed by atoms with E-state index < -0.39 is 0 Å². The van der Waals surface area contributed by atoms with Crippen LogP contribution in [-0.2, 0) is 17.8 Å². The number of halogens is 2. The summed E-state index contributed by atoms with van der Waals surface area (Å²) < 4.78 is 16.3. The molecule has 32 heavy (non-hydrogen) atoms. The molecule has 2 aromatic carbocycles. The van der Waals surface area contributed by atoms with E-state index in [1.165, 1.54) is 29.5 Å². The number of carbonyl (C=O) groups excluding carboxylic acids is 1. The minimum atomic E-state index is -0.280. The maximum absolute atomic E-state index is 13.2. The quantitative estimate of drug-likeness (QED) is 0.277. The van der Waals surface area contributed by atoms with Crippen molar-refractivity contribution >= 4 is 56.8 Å². The number of rotatable bonds is 9. The van der Waals surface area contributed by atoms with E-state index in [-0.39, 0.29) is 29.9 Å². The average Bonchev–Trinajstić information content (AvgIpc) is 3.45. The largest absolute Gasteiger partial charge is 0.337 e. The number of para-hydroxylation sites is 1. The monoisotopic (exact) mass is 490 g/mol.